The normalized spacial score (nSPS) is 16.5. The van der Waals surface area contributed by atoms with E-state index in [9.17, 15) is 15.2 Å². The van der Waals surface area contributed by atoms with Crippen LogP contribution in [0.25, 0.3) is 0 Å². The number of hydrogen-bond acceptors (Lipinski definition) is 6. The maximum Gasteiger partial charge on any atom is 0.277 e. The molecule has 1 N–H and O–H groups in total. The molecule has 1 saturated heterocycles. The third-order valence-electron chi connectivity index (χ3n) is 3.72. The number of nitro groups is 1. The lowest BCUT2D eigenvalue weighted by molar-refractivity contribution is -0.387. The highest BCUT2D eigenvalue weighted by Crippen LogP contribution is 2.32. The highest BCUT2D eigenvalue weighted by atomic mass is 16.7. The van der Waals surface area contributed by atoms with Gasteiger partial charge in [0.05, 0.1) is 16.6 Å². The molecule has 1 heterocycles. The summed E-state index contributed by atoms with van der Waals surface area (Å²) in [7, 11) is 2.89. The van der Waals surface area contributed by atoms with Crippen molar-refractivity contribution >= 4 is 11.4 Å². The predicted molar refractivity (Wildman–Crippen MR) is 77.3 cm³/mol. The van der Waals surface area contributed by atoms with Gasteiger partial charge in [0, 0.05) is 39.1 Å². The minimum Gasteiger partial charge on any atom is -0.393 e. The summed E-state index contributed by atoms with van der Waals surface area (Å²) in [5.74, 6) is 0. The van der Waals surface area contributed by atoms with Gasteiger partial charge in [-0.3, -0.25) is 10.1 Å². The van der Waals surface area contributed by atoms with E-state index >= 15 is 0 Å². The number of piperidine rings is 1. The fraction of sp³-hybridized carbons (Fsp3) is 0.571. The molecule has 1 aliphatic rings. The monoisotopic (exact) mass is 296 g/mol. The van der Waals surface area contributed by atoms with E-state index in [2.05, 4.69) is 4.90 Å². The molecule has 0 atom stereocenters. The summed E-state index contributed by atoms with van der Waals surface area (Å²) >= 11 is 0. The molecular weight excluding hydrogens is 276 g/mol. The smallest absolute Gasteiger partial charge is 0.277 e. The van der Waals surface area contributed by atoms with Crippen LogP contribution in [0.3, 0.4) is 0 Å². The second kappa shape index (κ2) is 6.84. The molecule has 7 nitrogen and oxygen atoms in total. The second-order valence-electron chi connectivity index (χ2n) is 5.02. The van der Waals surface area contributed by atoms with Gasteiger partial charge in [-0.1, -0.05) is 0 Å². The Morgan fingerprint density at radius 1 is 1.33 bits per heavy atom. The third-order valence-corrected chi connectivity index (χ3v) is 3.72. The van der Waals surface area contributed by atoms with Crippen LogP contribution in [0.4, 0.5) is 11.4 Å². The zero-order valence-electron chi connectivity index (χ0n) is 12.2. The summed E-state index contributed by atoms with van der Waals surface area (Å²) in [6, 6.07) is 4.93. The molecule has 1 aromatic rings. The Kier molecular flexibility index (Phi) is 5.11. The molecule has 1 aliphatic heterocycles. The van der Waals surface area contributed by atoms with E-state index < -0.39 is 11.2 Å². The fourth-order valence-corrected chi connectivity index (χ4v) is 2.57. The molecule has 1 fully saturated rings. The molecule has 0 aliphatic carbocycles. The molecule has 0 radical (unpaired) electrons. The zero-order chi connectivity index (χ0) is 15.4. The van der Waals surface area contributed by atoms with Crippen LogP contribution in [0.5, 0.6) is 0 Å². The van der Waals surface area contributed by atoms with Crippen LogP contribution in [0.2, 0.25) is 0 Å². The average Bonchev–Trinajstić information content (AvgIpc) is 2.49. The summed E-state index contributed by atoms with van der Waals surface area (Å²) in [6.07, 6.45) is 0.361. The van der Waals surface area contributed by atoms with Crippen LogP contribution in [0.15, 0.2) is 18.2 Å². The SMILES string of the molecule is COC(OC)c1cc(N2CCC(O)CC2)ccc1[N+](=O)[O-]. The van der Waals surface area contributed by atoms with Crippen molar-refractivity contribution in [2.24, 2.45) is 0 Å². The van der Waals surface area contributed by atoms with Gasteiger partial charge in [0.15, 0.2) is 6.29 Å². The Balaban J connectivity index is 2.32. The van der Waals surface area contributed by atoms with E-state index in [4.69, 9.17) is 9.47 Å². The molecule has 116 valence electrons. The standard InChI is InChI=1S/C14H20N2O5/c1-20-14(21-2)12-9-10(3-4-13(12)16(18)19)15-7-5-11(17)6-8-15/h3-4,9,11,14,17H,5-8H2,1-2H3. The molecule has 0 unspecified atom stereocenters. The van der Waals surface area contributed by atoms with Crippen molar-refractivity contribution in [2.45, 2.75) is 25.2 Å². The summed E-state index contributed by atoms with van der Waals surface area (Å²) in [5, 5.41) is 20.7. The van der Waals surface area contributed by atoms with Crippen LogP contribution >= 0.6 is 0 Å². The molecule has 0 aromatic heterocycles. The zero-order valence-corrected chi connectivity index (χ0v) is 12.2. The van der Waals surface area contributed by atoms with Crippen molar-refractivity contribution in [2.75, 3.05) is 32.2 Å². The number of aliphatic hydroxyl groups is 1. The van der Waals surface area contributed by atoms with Gasteiger partial charge in [0.2, 0.25) is 0 Å². The Hall–Kier alpha value is -1.70. The second-order valence-corrected chi connectivity index (χ2v) is 5.02. The summed E-state index contributed by atoms with van der Waals surface area (Å²) in [6.45, 7) is 1.45. The maximum absolute atomic E-state index is 11.1. The van der Waals surface area contributed by atoms with Crippen LogP contribution < -0.4 is 4.90 Å². The van der Waals surface area contributed by atoms with Crippen LogP contribution in [-0.4, -0.2) is 43.4 Å². The summed E-state index contributed by atoms with van der Waals surface area (Å²) < 4.78 is 10.3. The molecular formula is C14H20N2O5. The Morgan fingerprint density at radius 3 is 2.48 bits per heavy atom. The van der Waals surface area contributed by atoms with Crippen molar-refractivity contribution in [3.63, 3.8) is 0 Å². The van der Waals surface area contributed by atoms with E-state index in [-0.39, 0.29) is 11.8 Å². The van der Waals surface area contributed by atoms with Gasteiger partial charge >= 0.3 is 0 Å². The van der Waals surface area contributed by atoms with Gasteiger partial charge in [0.25, 0.3) is 5.69 Å². The van der Waals surface area contributed by atoms with Crippen LogP contribution in [0, 0.1) is 10.1 Å². The van der Waals surface area contributed by atoms with Gasteiger partial charge in [-0.25, -0.2) is 0 Å². The van der Waals surface area contributed by atoms with Crippen LogP contribution in [-0.2, 0) is 9.47 Å². The van der Waals surface area contributed by atoms with E-state index in [1.54, 1.807) is 12.1 Å². The molecule has 0 spiro atoms. The largest absolute Gasteiger partial charge is 0.393 e. The van der Waals surface area contributed by atoms with Crippen molar-refractivity contribution in [3.05, 3.63) is 33.9 Å². The first-order valence-corrected chi connectivity index (χ1v) is 6.83. The number of hydrogen-bond donors (Lipinski definition) is 1. The van der Waals surface area contributed by atoms with Gasteiger partial charge < -0.3 is 19.5 Å². The maximum atomic E-state index is 11.1. The average molecular weight is 296 g/mol. The third kappa shape index (κ3) is 3.49. The van der Waals surface area contributed by atoms with E-state index in [1.165, 1.54) is 20.3 Å². The number of rotatable bonds is 5. The highest BCUT2D eigenvalue weighted by molar-refractivity contribution is 5.56. The first-order valence-electron chi connectivity index (χ1n) is 6.83. The number of anilines is 1. The topological polar surface area (TPSA) is 85.1 Å². The molecule has 7 heteroatoms. The first-order chi connectivity index (χ1) is 10.1. The lowest BCUT2D eigenvalue weighted by Gasteiger charge is -2.32. The van der Waals surface area contributed by atoms with Gasteiger partial charge in [-0.15, -0.1) is 0 Å². The minimum absolute atomic E-state index is 0.0236. The van der Waals surface area contributed by atoms with Crippen molar-refractivity contribution in [1.82, 2.24) is 0 Å². The van der Waals surface area contributed by atoms with E-state index in [0.29, 0.717) is 18.4 Å². The van der Waals surface area contributed by atoms with Crippen molar-refractivity contribution < 1.29 is 19.5 Å². The molecule has 0 amide bonds. The minimum atomic E-state index is -0.777. The number of nitrogens with zero attached hydrogens (tertiary/aromatic N) is 2. The lowest BCUT2D eigenvalue weighted by atomic mass is 10.1. The lowest BCUT2D eigenvalue weighted by Crippen LogP contribution is -2.35. The molecule has 21 heavy (non-hydrogen) atoms. The number of benzene rings is 1. The molecule has 1 aromatic carbocycles. The molecule has 0 bridgehead atoms. The molecule has 2 rings (SSSR count). The quantitative estimate of drug-likeness (QED) is 0.507. The summed E-state index contributed by atoms with van der Waals surface area (Å²) in [5.41, 5.74) is 1.25. The Labute approximate surface area is 123 Å². The summed E-state index contributed by atoms with van der Waals surface area (Å²) in [4.78, 5) is 12.8. The van der Waals surface area contributed by atoms with Crippen molar-refractivity contribution in [3.8, 4) is 0 Å². The van der Waals surface area contributed by atoms with E-state index in [1.807, 2.05) is 0 Å². The highest BCUT2D eigenvalue weighted by Gasteiger charge is 2.25. The van der Waals surface area contributed by atoms with Crippen LogP contribution in [0.1, 0.15) is 24.7 Å². The first kappa shape index (κ1) is 15.7. The fourth-order valence-electron chi connectivity index (χ4n) is 2.57. The van der Waals surface area contributed by atoms with Gasteiger partial charge in [-0.05, 0) is 25.0 Å². The Morgan fingerprint density at radius 2 is 1.95 bits per heavy atom. The number of nitro benzene ring substituents is 1. The number of aliphatic hydroxyl groups excluding tert-OH is 1. The predicted octanol–water partition coefficient (Wildman–Crippen LogP) is 1.85. The van der Waals surface area contributed by atoms with Gasteiger partial charge in [0.1, 0.15) is 0 Å². The van der Waals surface area contributed by atoms with Gasteiger partial charge in [-0.2, -0.15) is 0 Å². The van der Waals surface area contributed by atoms with E-state index in [0.717, 1.165) is 18.8 Å². The van der Waals surface area contributed by atoms with Crippen molar-refractivity contribution in [1.29, 1.82) is 0 Å². The number of methoxy groups -OCH3 is 2. The molecule has 0 saturated carbocycles. The number of ether oxygens (including phenoxy) is 2. The Bertz CT molecular complexity index is 496.